The van der Waals surface area contributed by atoms with Crippen LogP contribution in [0.2, 0.25) is 0 Å². The summed E-state index contributed by atoms with van der Waals surface area (Å²) in [5.74, 6) is -0.371. The number of para-hydroxylation sites is 1. The highest BCUT2D eigenvalue weighted by atomic mass is 32.2. The van der Waals surface area contributed by atoms with Crippen molar-refractivity contribution in [1.29, 1.82) is 0 Å². The largest absolute Gasteiger partial charge is 0.369 e. The van der Waals surface area contributed by atoms with Gasteiger partial charge in [-0.25, -0.2) is 0 Å². The Morgan fingerprint density at radius 2 is 1.81 bits per heavy atom. The van der Waals surface area contributed by atoms with Crippen molar-refractivity contribution in [1.82, 2.24) is 9.88 Å². The number of amides is 2. The smallest absolute Gasteiger partial charge is 0.252 e. The molecule has 0 bridgehead atoms. The van der Waals surface area contributed by atoms with E-state index in [9.17, 15) is 9.59 Å². The molecule has 6 heteroatoms. The second kappa shape index (κ2) is 8.58. The zero-order chi connectivity index (χ0) is 18.4. The highest BCUT2D eigenvalue weighted by molar-refractivity contribution is 8.00. The van der Waals surface area contributed by atoms with Gasteiger partial charge in [-0.05, 0) is 36.1 Å². The molecule has 2 aromatic carbocycles. The van der Waals surface area contributed by atoms with Crippen LogP contribution in [0.4, 0.5) is 0 Å². The molecule has 1 heterocycles. The van der Waals surface area contributed by atoms with Gasteiger partial charge in [-0.2, -0.15) is 0 Å². The van der Waals surface area contributed by atoms with Crippen molar-refractivity contribution in [3.05, 3.63) is 66.4 Å². The highest BCUT2D eigenvalue weighted by Gasteiger charge is 2.11. The van der Waals surface area contributed by atoms with Crippen molar-refractivity contribution in [2.24, 2.45) is 5.73 Å². The molecule has 1 aromatic heterocycles. The predicted molar refractivity (Wildman–Crippen MR) is 105 cm³/mol. The molecule has 0 aliphatic heterocycles. The quantitative estimate of drug-likeness (QED) is 0.474. The number of nitrogens with two attached hydrogens (primary N) is 1. The first-order chi connectivity index (χ1) is 12.6. The monoisotopic (exact) mass is 367 g/mol. The minimum atomic E-state index is -0.399. The number of primary amides is 1. The van der Waals surface area contributed by atoms with E-state index in [-0.39, 0.29) is 11.7 Å². The molecule has 3 aromatic rings. The number of thioether (sulfide) groups is 1. The van der Waals surface area contributed by atoms with Crippen LogP contribution in [-0.2, 0) is 11.3 Å². The van der Waals surface area contributed by atoms with Crippen molar-refractivity contribution in [2.45, 2.75) is 17.9 Å². The second-order valence-electron chi connectivity index (χ2n) is 5.93. The molecule has 0 saturated carbocycles. The zero-order valence-corrected chi connectivity index (χ0v) is 15.2. The fourth-order valence-electron chi connectivity index (χ4n) is 2.81. The van der Waals surface area contributed by atoms with Gasteiger partial charge in [0.1, 0.15) is 0 Å². The summed E-state index contributed by atoms with van der Waals surface area (Å²) in [4.78, 5) is 24.2. The molecule has 0 aliphatic rings. The minimum absolute atomic E-state index is 0.130. The molecule has 134 valence electrons. The van der Waals surface area contributed by atoms with Gasteiger partial charge in [-0.15, -0.1) is 11.8 Å². The van der Waals surface area contributed by atoms with Crippen LogP contribution in [0.5, 0.6) is 0 Å². The Bertz CT molecular complexity index is 920. The van der Waals surface area contributed by atoms with E-state index in [0.717, 1.165) is 17.9 Å². The molecule has 26 heavy (non-hydrogen) atoms. The van der Waals surface area contributed by atoms with Crippen LogP contribution in [0.15, 0.2) is 65.7 Å². The number of nitrogens with zero attached hydrogens (tertiary/aromatic N) is 1. The number of nitrogens with one attached hydrogen (secondary N) is 1. The third-order valence-electron chi connectivity index (χ3n) is 4.04. The fraction of sp³-hybridized carbons (Fsp3) is 0.200. The fourth-order valence-corrected chi connectivity index (χ4v) is 3.60. The maximum atomic E-state index is 12.4. The summed E-state index contributed by atoms with van der Waals surface area (Å²) in [6.45, 7) is 1.42. The van der Waals surface area contributed by atoms with Crippen LogP contribution in [0.1, 0.15) is 16.8 Å². The van der Waals surface area contributed by atoms with Crippen LogP contribution in [0, 0.1) is 0 Å². The Morgan fingerprint density at radius 3 is 2.65 bits per heavy atom. The molecule has 0 fully saturated rings. The van der Waals surface area contributed by atoms with Crippen molar-refractivity contribution in [3.8, 4) is 0 Å². The summed E-state index contributed by atoms with van der Waals surface area (Å²) in [6.07, 6.45) is 2.91. The topological polar surface area (TPSA) is 77.1 Å². The summed E-state index contributed by atoms with van der Waals surface area (Å²) in [7, 11) is 0. The number of carbonyl (C=O) groups is 2. The number of rotatable bonds is 8. The van der Waals surface area contributed by atoms with Crippen molar-refractivity contribution in [3.63, 3.8) is 0 Å². The molecule has 5 nitrogen and oxygen atoms in total. The highest BCUT2D eigenvalue weighted by Crippen LogP contribution is 2.22. The van der Waals surface area contributed by atoms with E-state index >= 15 is 0 Å². The Labute approximate surface area is 156 Å². The Morgan fingerprint density at radius 1 is 1.04 bits per heavy atom. The number of hydrogen-bond acceptors (Lipinski definition) is 3. The van der Waals surface area contributed by atoms with E-state index in [4.69, 9.17) is 5.73 Å². The number of fused-ring (bicyclic) bond motifs is 1. The average Bonchev–Trinajstić information content (AvgIpc) is 3.07. The summed E-state index contributed by atoms with van der Waals surface area (Å²) >= 11 is 1.28. The number of aromatic nitrogens is 1. The van der Waals surface area contributed by atoms with Gasteiger partial charge >= 0.3 is 0 Å². The van der Waals surface area contributed by atoms with Gasteiger partial charge in [-0.1, -0.05) is 30.3 Å². The van der Waals surface area contributed by atoms with Crippen LogP contribution < -0.4 is 11.1 Å². The van der Waals surface area contributed by atoms with Gasteiger partial charge in [0.05, 0.1) is 11.3 Å². The molecule has 0 unspecified atom stereocenters. The van der Waals surface area contributed by atoms with Gasteiger partial charge < -0.3 is 15.6 Å². The lowest BCUT2D eigenvalue weighted by Gasteiger charge is -2.10. The molecular weight excluding hydrogens is 346 g/mol. The first-order valence-corrected chi connectivity index (χ1v) is 9.46. The molecule has 3 rings (SSSR count). The molecular formula is C20H21N3O2S. The lowest BCUT2D eigenvalue weighted by Crippen LogP contribution is -2.26. The zero-order valence-electron chi connectivity index (χ0n) is 14.4. The predicted octanol–water partition coefficient (Wildman–Crippen LogP) is 3.04. The number of carbonyl (C=O) groups excluding carboxylic acids is 2. The Hall–Kier alpha value is -2.73. The molecule has 3 N–H and O–H groups in total. The summed E-state index contributed by atoms with van der Waals surface area (Å²) in [5, 5.41) is 4.18. The van der Waals surface area contributed by atoms with E-state index in [1.807, 2.05) is 30.3 Å². The van der Waals surface area contributed by atoms with Gasteiger partial charge in [0.15, 0.2) is 0 Å². The Kier molecular flexibility index (Phi) is 5.96. The first-order valence-electron chi connectivity index (χ1n) is 8.47. The van der Waals surface area contributed by atoms with Crippen molar-refractivity contribution >= 4 is 34.5 Å². The molecule has 0 radical (unpaired) electrons. The van der Waals surface area contributed by atoms with Crippen LogP contribution in [0.3, 0.4) is 0 Å². The molecule has 0 spiro atoms. The lowest BCUT2D eigenvalue weighted by atomic mass is 10.2. The SMILES string of the molecule is NC(=O)CSc1ccccc1C(=O)NCCCn1ccc2ccccc21. The van der Waals surface area contributed by atoms with E-state index in [1.54, 1.807) is 6.07 Å². The van der Waals surface area contributed by atoms with Crippen molar-refractivity contribution in [2.75, 3.05) is 12.3 Å². The molecule has 0 saturated heterocycles. The minimum Gasteiger partial charge on any atom is -0.369 e. The van der Waals surface area contributed by atoms with Crippen molar-refractivity contribution < 1.29 is 9.59 Å². The maximum absolute atomic E-state index is 12.4. The summed E-state index contributed by atoms with van der Waals surface area (Å²) in [6, 6.07) is 17.6. The van der Waals surface area contributed by atoms with E-state index < -0.39 is 5.91 Å². The van der Waals surface area contributed by atoms with Gasteiger partial charge in [0.2, 0.25) is 5.91 Å². The van der Waals surface area contributed by atoms with E-state index in [1.165, 1.54) is 22.7 Å². The third kappa shape index (κ3) is 4.46. The summed E-state index contributed by atoms with van der Waals surface area (Å²) in [5.41, 5.74) is 6.96. The molecule has 2 amide bonds. The van der Waals surface area contributed by atoms with Gasteiger partial charge in [0, 0.05) is 29.7 Å². The van der Waals surface area contributed by atoms with E-state index in [0.29, 0.717) is 12.1 Å². The second-order valence-corrected chi connectivity index (χ2v) is 6.95. The van der Waals surface area contributed by atoms with Gasteiger partial charge in [0.25, 0.3) is 5.91 Å². The molecule has 0 atom stereocenters. The van der Waals surface area contributed by atoms with Crippen LogP contribution in [0.25, 0.3) is 10.9 Å². The van der Waals surface area contributed by atoms with Crippen LogP contribution in [-0.4, -0.2) is 28.7 Å². The van der Waals surface area contributed by atoms with Crippen LogP contribution >= 0.6 is 11.8 Å². The number of hydrogen-bond donors (Lipinski definition) is 2. The lowest BCUT2D eigenvalue weighted by molar-refractivity contribution is -0.115. The normalized spacial score (nSPS) is 10.8. The average molecular weight is 367 g/mol. The van der Waals surface area contributed by atoms with Gasteiger partial charge in [-0.3, -0.25) is 9.59 Å². The number of benzene rings is 2. The third-order valence-corrected chi connectivity index (χ3v) is 5.14. The maximum Gasteiger partial charge on any atom is 0.252 e. The molecule has 0 aliphatic carbocycles. The number of aryl methyl sites for hydroxylation is 1. The standard InChI is InChI=1S/C20H21N3O2S/c21-19(24)14-26-18-9-4-2-7-16(18)20(25)22-11-5-12-23-13-10-15-6-1-3-8-17(15)23/h1-4,6-10,13H,5,11-12,14H2,(H2,21,24)(H,22,25). The first kappa shape index (κ1) is 18.1. The van der Waals surface area contributed by atoms with E-state index in [2.05, 4.69) is 34.3 Å². The Balaban J connectivity index is 1.54. The summed E-state index contributed by atoms with van der Waals surface area (Å²) < 4.78 is 2.19.